The van der Waals surface area contributed by atoms with Crippen LogP contribution >= 0.6 is 0 Å². The first-order valence-corrected chi connectivity index (χ1v) is 9.68. The summed E-state index contributed by atoms with van der Waals surface area (Å²) < 4.78 is 17.1. The minimum absolute atomic E-state index is 0.0622. The summed E-state index contributed by atoms with van der Waals surface area (Å²) in [4.78, 5) is 12.6. The Labute approximate surface area is 168 Å². The Morgan fingerprint density at radius 3 is 2.25 bits per heavy atom. The van der Waals surface area contributed by atoms with Gasteiger partial charge in [-0.1, -0.05) is 19.1 Å². The molecule has 5 nitrogen and oxygen atoms in total. The topological polar surface area (TPSA) is 56.8 Å². The molecule has 0 bridgehead atoms. The Morgan fingerprint density at radius 1 is 1.00 bits per heavy atom. The van der Waals surface area contributed by atoms with E-state index in [1.54, 1.807) is 7.11 Å². The molecule has 5 heteroatoms. The predicted octanol–water partition coefficient (Wildman–Crippen LogP) is 4.57. The van der Waals surface area contributed by atoms with Crippen LogP contribution in [0.3, 0.4) is 0 Å². The fourth-order valence-electron chi connectivity index (χ4n) is 2.96. The van der Waals surface area contributed by atoms with Crippen LogP contribution in [0.25, 0.3) is 0 Å². The molecular formula is C23H31NO4. The zero-order valence-corrected chi connectivity index (χ0v) is 17.7. The smallest absolute Gasteiger partial charge is 0.261 e. The summed E-state index contributed by atoms with van der Waals surface area (Å²) in [5.41, 5.74) is 3.16. The van der Waals surface area contributed by atoms with Gasteiger partial charge in [-0.05, 0) is 75.1 Å². The summed E-state index contributed by atoms with van der Waals surface area (Å²) in [7, 11) is 1.61. The van der Waals surface area contributed by atoms with E-state index in [4.69, 9.17) is 14.2 Å². The largest absolute Gasteiger partial charge is 0.493 e. The molecular weight excluding hydrogens is 354 g/mol. The van der Waals surface area contributed by atoms with Gasteiger partial charge in [0.2, 0.25) is 0 Å². The number of hydrogen-bond donors (Lipinski definition) is 1. The molecule has 0 spiro atoms. The number of amides is 1. The van der Waals surface area contributed by atoms with E-state index in [9.17, 15) is 4.79 Å². The average Bonchev–Trinajstić information content (AvgIpc) is 2.63. The highest BCUT2D eigenvalue weighted by atomic mass is 16.5. The molecule has 0 fully saturated rings. The standard InChI is InChI=1S/C23H31NO4/c1-7-20(28-19-11-16(4)10-17(5)12-19)23(25)24-14-18-8-9-21(27-15(2)3)22(13-18)26-6/h8-13,15,20H,7,14H2,1-6H3,(H,24,25)/t20-/m1/s1. The van der Waals surface area contributed by atoms with Crippen molar-refractivity contribution in [3.8, 4) is 17.2 Å². The molecule has 1 amide bonds. The molecule has 0 saturated heterocycles. The van der Waals surface area contributed by atoms with Crippen molar-refractivity contribution in [1.29, 1.82) is 0 Å². The lowest BCUT2D eigenvalue weighted by Crippen LogP contribution is -2.37. The third-order valence-electron chi connectivity index (χ3n) is 4.19. The molecule has 0 unspecified atom stereocenters. The second-order valence-electron chi connectivity index (χ2n) is 7.21. The van der Waals surface area contributed by atoms with E-state index in [0.717, 1.165) is 22.4 Å². The molecule has 0 aliphatic heterocycles. The second-order valence-corrected chi connectivity index (χ2v) is 7.21. The highest BCUT2D eigenvalue weighted by Gasteiger charge is 2.18. The van der Waals surface area contributed by atoms with Crippen molar-refractivity contribution >= 4 is 5.91 Å². The van der Waals surface area contributed by atoms with Crippen molar-refractivity contribution in [2.24, 2.45) is 0 Å². The van der Waals surface area contributed by atoms with Crippen molar-refractivity contribution in [2.45, 2.75) is 59.8 Å². The molecule has 152 valence electrons. The van der Waals surface area contributed by atoms with E-state index in [1.165, 1.54) is 0 Å². The molecule has 2 aromatic carbocycles. The van der Waals surface area contributed by atoms with Crippen molar-refractivity contribution in [3.05, 3.63) is 53.1 Å². The summed E-state index contributed by atoms with van der Waals surface area (Å²) in [6, 6.07) is 11.6. The maximum absolute atomic E-state index is 12.6. The maximum atomic E-state index is 12.6. The number of rotatable bonds is 9. The van der Waals surface area contributed by atoms with Gasteiger partial charge in [0.1, 0.15) is 5.75 Å². The quantitative estimate of drug-likeness (QED) is 0.687. The average molecular weight is 386 g/mol. The van der Waals surface area contributed by atoms with Gasteiger partial charge < -0.3 is 19.5 Å². The summed E-state index contributed by atoms with van der Waals surface area (Å²) in [5, 5.41) is 2.95. The van der Waals surface area contributed by atoms with Gasteiger partial charge in [0.25, 0.3) is 5.91 Å². The van der Waals surface area contributed by atoms with Crippen LogP contribution in [0.4, 0.5) is 0 Å². The highest BCUT2D eigenvalue weighted by molar-refractivity contribution is 5.81. The molecule has 0 heterocycles. The minimum Gasteiger partial charge on any atom is -0.493 e. The Morgan fingerprint density at radius 2 is 1.68 bits per heavy atom. The monoisotopic (exact) mass is 385 g/mol. The Balaban J connectivity index is 2.01. The first-order chi connectivity index (χ1) is 13.3. The SMILES string of the molecule is CC[C@@H](Oc1cc(C)cc(C)c1)C(=O)NCc1ccc(OC(C)C)c(OC)c1. The number of aryl methyl sites for hydroxylation is 2. The predicted molar refractivity (Wildman–Crippen MR) is 111 cm³/mol. The lowest BCUT2D eigenvalue weighted by atomic mass is 10.1. The molecule has 2 aromatic rings. The normalized spacial score (nSPS) is 11.8. The van der Waals surface area contributed by atoms with Gasteiger partial charge in [-0.25, -0.2) is 0 Å². The van der Waals surface area contributed by atoms with E-state index in [0.29, 0.717) is 24.5 Å². The second kappa shape index (κ2) is 10.0. The van der Waals surface area contributed by atoms with Crippen LogP contribution in [-0.4, -0.2) is 25.2 Å². The van der Waals surface area contributed by atoms with Crippen molar-refractivity contribution < 1.29 is 19.0 Å². The number of carbonyl (C=O) groups is 1. The summed E-state index contributed by atoms with van der Waals surface area (Å²) >= 11 is 0. The molecule has 0 aliphatic rings. The van der Waals surface area contributed by atoms with Crippen LogP contribution < -0.4 is 19.5 Å². The Bertz CT molecular complexity index is 781. The van der Waals surface area contributed by atoms with Crippen molar-refractivity contribution in [3.63, 3.8) is 0 Å². The number of carbonyl (C=O) groups excluding carboxylic acids is 1. The number of methoxy groups -OCH3 is 1. The number of nitrogens with one attached hydrogen (secondary N) is 1. The Hall–Kier alpha value is -2.69. The van der Waals surface area contributed by atoms with Gasteiger partial charge in [0, 0.05) is 6.54 Å². The zero-order valence-electron chi connectivity index (χ0n) is 17.7. The number of benzene rings is 2. The fraction of sp³-hybridized carbons (Fsp3) is 0.435. The van der Waals surface area contributed by atoms with E-state index in [-0.39, 0.29) is 12.0 Å². The summed E-state index contributed by atoms with van der Waals surface area (Å²) in [5.74, 6) is 1.93. The number of hydrogen-bond acceptors (Lipinski definition) is 4. The minimum atomic E-state index is -0.536. The molecule has 2 rings (SSSR count). The van der Waals surface area contributed by atoms with Crippen molar-refractivity contribution in [2.75, 3.05) is 7.11 Å². The molecule has 1 N–H and O–H groups in total. The molecule has 28 heavy (non-hydrogen) atoms. The van der Waals surface area contributed by atoms with Gasteiger partial charge in [-0.15, -0.1) is 0 Å². The van der Waals surface area contributed by atoms with E-state index < -0.39 is 6.10 Å². The third kappa shape index (κ3) is 6.19. The molecule has 0 aliphatic carbocycles. The maximum Gasteiger partial charge on any atom is 0.261 e. The van der Waals surface area contributed by atoms with Gasteiger partial charge >= 0.3 is 0 Å². The van der Waals surface area contributed by atoms with Crippen LogP contribution in [-0.2, 0) is 11.3 Å². The van der Waals surface area contributed by atoms with Crippen LogP contribution in [0.1, 0.15) is 43.9 Å². The molecule has 0 radical (unpaired) electrons. The third-order valence-corrected chi connectivity index (χ3v) is 4.19. The van der Waals surface area contributed by atoms with Gasteiger partial charge in [0.05, 0.1) is 13.2 Å². The number of ether oxygens (including phenoxy) is 3. The first-order valence-electron chi connectivity index (χ1n) is 9.68. The lowest BCUT2D eigenvalue weighted by molar-refractivity contribution is -0.128. The van der Waals surface area contributed by atoms with E-state index in [1.807, 2.05) is 65.0 Å². The molecule has 0 saturated carbocycles. The summed E-state index contributed by atoms with van der Waals surface area (Å²) in [6.07, 6.45) is 0.113. The summed E-state index contributed by atoms with van der Waals surface area (Å²) in [6.45, 7) is 10.3. The lowest BCUT2D eigenvalue weighted by Gasteiger charge is -2.18. The zero-order chi connectivity index (χ0) is 20.7. The highest BCUT2D eigenvalue weighted by Crippen LogP contribution is 2.29. The first kappa shape index (κ1) is 21.6. The van der Waals surface area contributed by atoms with Crippen LogP contribution in [0.5, 0.6) is 17.2 Å². The van der Waals surface area contributed by atoms with E-state index in [2.05, 4.69) is 11.4 Å². The van der Waals surface area contributed by atoms with Gasteiger partial charge in [-0.3, -0.25) is 4.79 Å². The Kier molecular flexibility index (Phi) is 7.73. The van der Waals surface area contributed by atoms with E-state index >= 15 is 0 Å². The molecule has 0 aromatic heterocycles. The van der Waals surface area contributed by atoms with Crippen LogP contribution in [0.15, 0.2) is 36.4 Å². The molecule has 1 atom stereocenters. The van der Waals surface area contributed by atoms with Gasteiger partial charge in [0.15, 0.2) is 17.6 Å². The van der Waals surface area contributed by atoms with Crippen molar-refractivity contribution in [1.82, 2.24) is 5.32 Å². The fourth-order valence-corrected chi connectivity index (χ4v) is 2.96. The van der Waals surface area contributed by atoms with Crippen LogP contribution in [0.2, 0.25) is 0 Å². The van der Waals surface area contributed by atoms with Gasteiger partial charge in [-0.2, -0.15) is 0 Å². The van der Waals surface area contributed by atoms with Crippen LogP contribution in [0, 0.1) is 13.8 Å².